The van der Waals surface area contributed by atoms with Crippen molar-refractivity contribution in [3.8, 4) is 0 Å². The van der Waals surface area contributed by atoms with E-state index in [-0.39, 0.29) is 5.75 Å². The van der Waals surface area contributed by atoms with Gasteiger partial charge in [0.2, 0.25) is 0 Å². The van der Waals surface area contributed by atoms with Crippen molar-refractivity contribution >= 4 is 25.8 Å². The van der Waals surface area contributed by atoms with Crippen LogP contribution < -0.4 is 5.32 Å². The summed E-state index contributed by atoms with van der Waals surface area (Å²) >= 11 is 3.33. The Morgan fingerprint density at radius 2 is 1.95 bits per heavy atom. The molecule has 3 nitrogen and oxygen atoms in total. The summed E-state index contributed by atoms with van der Waals surface area (Å²) < 4.78 is 25.7. The molecule has 5 heteroatoms. The summed E-state index contributed by atoms with van der Waals surface area (Å²) in [4.78, 5) is 0.432. The quantitative estimate of drug-likeness (QED) is 0.790. The number of hydrogen-bond donors (Lipinski definition) is 1. The average molecular weight is 374 g/mol. The first-order chi connectivity index (χ1) is 10.0. The van der Waals surface area contributed by atoms with Gasteiger partial charge in [-0.2, -0.15) is 0 Å². The second-order valence-corrected chi connectivity index (χ2v) is 8.84. The molecule has 2 rings (SSSR count). The normalized spacial score (nSPS) is 22.6. The molecule has 0 spiro atoms. The topological polar surface area (TPSA) is 46.2 Å². The highest BCUT2D eigenvalue weighted by Crippen LogP contribution is 2.29. The van der Waals surface area contributed by atoms with Crippen LogP contribution in [0.5, 0.6) is 0 Å². The molecule has 0 aromatic heterocycles. The highest BCUT2D eigenvalue weighted by molar-refractivity contribution is 9.10. The number of sulfone groups is 1. The first-order valence-corrected chi connectivity index (χ1v) is 10.2. The molecule has 1 N–H and O–H groups in total. The molecular formula is C16H24BrNO2S. The van der Waals surface area contributed by atoms with E-state index in [1.165, 1.54) is 12.8 Å². The van der Waals surface area contributed by atoms with Crippen LogP contribution in [-0.4, -0.2) is 26.8 Å². The Bertz CT molecular complexity index is 542. The van der Waals surface area contributed by atoms with Gasteiger partial charge in [-0.25, -0.2) is 8.42 Å². The first kappa shape index (κ1) is 17.0. The minimum absolute atomic E-state index is 0.254. The van der Waals surface area contributed by atoms with Gasteiger partial charge in [-0.15, -0.1) is 0 Å². The molecule has 21 heavy (non-hydrogen) atoms. The zero-order valence-electron chi connectivity index (χ0n) is 12.5. The maximum Gasteiger partial charge on any atom is 0.178 e. The van der Waals surface area contributed by atoms with Crippen LogP contribution in [0.2, 0.25) is 0 Å². The lowest BCUT2D eigenvalue weighted by Crippen LogP contribution is -2.33. The Labute approximate surface area is 136 Å². The number of rotatable bonds is 7. The summed E-state index contributed by atoms with van der Waals surface area (Å²) in [5.74, 6) is 0.755. The molecule has 0 amide bonds. The van der Waals surface area contributed by atoms with Gasteiger partial charge in [-0.3, -0.25) is 0 Å². The average Bonchev–Trinajstić information content (AvgIpc) is 2.91. The van der Waals surface area contributed by atoms with Gasteiger partial charge in [0.25, 0.3) is 0 Å². The molecule has 118 valence electrons. The van der Waals surface area contributed by atoms with Gasteiger partial charge >= 0.3 is 0 Å². The molecule has 0 saturated heterocycles. The summed E-state index contributed by atoms with van der Waals surface area (Å²) in [6, 6.07) is 7.44. The zero-order chi connectivity index (χ0) is 15.3. The van der Waals surface area contributed by atoms with Crippen molar-refractivity contribution in [1.82, 2.24) is 5.32 Å². The molecular weight excluding hydrogens is 350 g/mol. The van der Waals surface area contributed by atoms with Crippen molar-refractivity contribution in [3.05, 3.63) is 28.7 Å². The van der Waals surface area contributed by atoms with Gasteiger partial charge in [0, 0.05) is 10.5 Å². The molecule has 0 radical (unpaired) electrons. The predicted molar refractivity (Wildman–Crippen MR) is 90.2 cm³/mol. The Kier molecular flexibility index (Phi) is 6.26. The smallest absolute Gasteiger partial charge is 0.178 e. The maximum absolute atomic E-state index is 12.4. The van der Waals surface area contributed by atoms with Crippen molar-refractivity contribution in [1.29, 1.82) is 0 Å². The highest BCUT2D eigenvalue weighted by atomic mass is 79.9. The highest BCUT2D eigenvalue weighted by Gasteiger charge is 2.28. The molecule has 1 saturated carbocycles. The van der Waals surface area contributed by atoms with Crippen molar-refractivity contribution in [2.45, 2.75) is 50.0 Å². The number of benzene rings is 1. The van der Waals surface area contributed by atoms with E-state index in [2.05, 4.69) is 28.2 Å². The van der Waals surface area contributed by atoms with Crippen LogP contribution in [0, 0.1) is 5.92 Å². The van der Waals surface area contributed by atoms with E-state index >= 15 is 0 Å². The van der Waals surface area contributed by atoms with Crippen LogP contribution in [0.3, 0.4) is 0 Å². The maximum atomic E-state index is 12.4. The molecule has 1 aliphatic carbocycles. The first-order valence-electron chi connectivity index (χ1n) is 7.74. The van der Waals surface area contributed by atoms with E-state index in [1.807, 2.05) is 0 Å². The lowest BCUT2D eigenvalue weighted by Gasteiger charge is -2.20. The van der Waals surface area contributed by atoms with Gasteiger partial charge in [0.05, 0.1) is 10.6 Å². The fourth-order valence-electron chi connectivity index (χ4n) is 3.05. The van der Waals surface area contributed by atoms with E-state index < -0.39 is 9.84 Å². The van der Waals surface area contributed by atoms with Crippen LogP contribution in [0.25, 0.3) is 0 Å². The fourth-order valence-corrected chi connectivity index (χ4v) is 4.71. The van der Waals surface area contributed by atoms with Gasteiger partial charge in [0.15, 0.2) is 9.84 Å². The largest absolute Gasteiger partial charge is 0.314 e. The molecule has 0 aliphatic heterocycles. The van der Waals surface area contributed by atoms with Crippen LogP contribution in [0.1, 0.15) is 39.0 Å². The van der Waals surface area contributed by atoms with E-state index in [1.54, 1.807) is 24.3 Å². The third-order valence-corrected chi connectivity index (χ3v) is 6.54. The van der Waals surface area contributed by atoms with E-state index in [9.17, 15) is 8.42 Å². The Balaban J connectivity index is 1.93. The van der Waals surface area contributed by atoms with E-state index in [4.69, 9.17) is 0 Å². The van der Waals surface area contributed by atoms with Crippen molar-refractivity contribution in [3.63, 3.8) is 0 Å². The van der Waals surface area contributed by atoms with Crippen molar-refractivity contribution in [2.24, 2.45) is 5.92 Å². The lowest BCUT2D eigenvalue weighted by molar-refractivity contribution is 0.391. The van der Waals surface area contributed by atoms with E-state index in [0.29, 0.717) is 16.9 Å². The van der Waals surface area contributed by atoms with Crippen LogP contribution in [0.4, 0.5) is 0 Å². The Hall–Kier alpha value is -0.390. The van der Waals surface area contributed by atoms with Gasteiger partial charge < -0.3 is 5.32 Å². The standard InChI is InChI=1S/C16H24BrNO2S/c1-2-11-18-16-5-3-4-13(16)10-12-21(19,20)15-8-6-14(17)7-9-15/h6-9,13,16,18H,2-5,10-12H2,1H3. The molecule has 2 unspecified atom stereocenters. The number of nitrogens with one attached hydrogen (secondary N) is 1. The summed E-state index contributed by atoms with van der Waals surface area (Å²) in [5, 5.41) is 3.56. The monoisotopic (exact) mass is 373 g/mol. The second-order valence-electron chi connectivity index (χ2n) is 5.81. The third kappa shape index (κ3) is 4.80. The molecule has 1 fully saturated rings. The second kappa shape index (κ2) is 7.75. The third-order valence-electron chi connectivity index (χ3n) is 4.25. The van der Waals surface area contributed by atoms with Crippen LogP contribution in [0.15, 0.2) is 33.6 Å². The summed E-state index contributed by atoms with van der Waals surface area (Å²) in [6.45, 7) is 3.19. The lowest BCUT2D eigenvalue weighted by atomic mass is 10.0. The molecule has 1 aromatic rings. The minimum atomic E-state index is -3.16. The number of halogens is 1. The van der Waals surface area contributed by atoms with E-state index in [0.717, 1.165) is 30.3 Å². The molecule has 1 aromatic carbocycles. The van der Waals surface area contributed by atoms with Gasteiger partial charge in [0.1, 0.15) is 0 Å². The van der Waals surface area contributed by atoms with Crippen molar-refractivity contribution in [2.75, 3.05) is 12.3 Å². The van der Waals surface area contributed by atoms with Gasteiger partial charge in [-0.05, 0) is 62.4 Å². The fraction of sp³-hybridized carbons (Fsp3) is 0.625. The van der Waals surface area contributed by atoms with Crippen LogP contribution in [-0.2, 0) is 9.84 Å². The summed E-state index contributed by atoms with van der Waals surface area (Å²) in [6.07, 6.45) is 5.44. The Morgan fingerprint density at radius 1 is 1.24 bits per heavy atom. The minimum Gasteiger partial charge on any atom is -0.314 e. The summed E-state index contributed by atoms with van der Waals surface area (Å²) in [5.41, 5.74) is 0. The van der Waals surface area contributed by atoms with Crippen LogP contribution >= 0.6 is 15.9 Å². The zero-order valence-corrected chi connectivity index (χ0v) is 14.9. The number of hydrogen-bond acceptors (Lipinski definition) is 3. The van der Waals surface area contributed by atoms with Crippen molar-refractivity contribution < 1.29 is 8.42 Å². The molecule has 1 aliphatic rings. The predicted octanol–water partition coefficient (Wildman–Crippen LogP) is 3.78. The Morgan fingerprint density at radius 3 is 2.62 bits per heavy atom. The molecule has 2 atom stereocenters. The summed E-state index contributed by atoms with van der Waals surface area (Å²) in [7, 11) is -3.16. The van der Waals surface area contributed by atoms with Gasteiger partial charge in [-0.1, -0.05) is 29.3 Å². The molecule has 0 heterocycles. The SMILES string of the molecule is CCCNC1CCCC1CCS(=O)(=O)c1ccc(Br)cc1. The molecule has 0 bridgehead atoms.